The molecule has 0 bridgehead atoms. The lowest BCUT2D eigenvalue weighted by atomic mass is 10.3. The normalized spacial score (nSPS) is 10.4. The fraction of sp³-hybridized carbons (Fsp3) is 0.308. The van der Waals surface area contributed by atoms with Crippen LogP contribution in [0.1, 0.15) is 33.9 Å². The molecule has 7 heteroatoms. The number of nitrogens with one attached hydrogen (secondary N) is 1. The lowest BCUT2D eigenvalue weighted by molar-refractivity contribution is -0.120. The van der Waals surface area contributed by atoms with Crippen molar-refractivity contribution in [2.45, 2.75) is 26.3 Å². The Morgan fingerprint density at radius 3 is 2.85 bits per heavy atom. The highest BCUT2D eigenvalue weighted by Crippen LogP contribution is 2.11. The molecule has 2 aromatic heterocycles. The van der Waals surface area contributed by atoms with Crippen LogP contribution in [0.15, 0.2) is 21.9 Å². The maximum atomic E-state index is 11.7. The molecule has 0 aliphatic carbocycles. The summed E-state index contributed by atoms with van der Waals surface area (Å²) in [5, 5.41) is 14.2. The number of amides is 1. The Kier molecular flexibility index (Phi) is 4.52. The molecular weight excluding hydrogens is 280 g/mol. The Hall–Kier alpha value is -2.15. The van der Waals surface area contributed by atoms with E-state index in [1.165, 1.54) is 23.5 Å². The van der Waals surface area contributed by atoms with E-state index in [-0.39, 0.29) is 24.6 Å². The van der Waals surface area contributed by atoms with Gasteiger partial charge in [-0.3, -0.25) is 4.79 Å². The number of carboxylic acids is 1. The topological polar surface area (TPSA) is 92.4 Å². The zero-order chi connectivity index (χ0) is 14.5. The first kappa shape index (κ1) is 14.3. The summed E-state index contributed by atoms with van der Waals surface area (Å²) in [6.07, 6.45) is 1.07. The molecule has 0 aliphatic rings. The van der Waals surface area contributed by atoms with Gasteiger partial charge in [0.15, 0.2) is 0 Å². The van der Waals surface area contributed by atoms with Crippen LogP contribution in [0.5, 0.6) is 0 Å². The standard InChI is InChI=1S/C13H14N2O4S/c1-2-12-15-8(7-20-12)5-11(16)14-6-9-3-4-10(19-9)13(17)18/h3-4,7H,2,5-6H2,1H3,(H,14,16)(H,17,18). The molecule has 0 spiro atoms. The molecule has 1 amide bonds. The van der Waals surface area contributed by atoms with E-state index in [0.29, 0.717) is 5.76 Å². The Morgan fingerprint density at radius 1 is 1.45 bits per heavy atom. The number of aromatic nitrogens is 1. The van der Waals surface area contributed by atoms with Crippen molar-refractivity contribution in [1.29, 1.82) is 0 Å². The SMILES string of the molecule is CCc1nc(CC(=O)NCc2ccc(C(=O)O)o2)cs1. The molecule has 2 rings (SSSR count). The van der Waals surface area contributed by atoms with Gasteiger partial charge >= 0.3 is 5.97 Å². The molecule has 0 radical (unpaired) electrons. The average molecular weight is 294 g/mol. The first-order valence-electron chi connectivity index (χ1n) is 6.10. The minimum Gasteiger partial charge on any atom is -0.475 e. The minimum atomic E-state index is -1.13. The minimum absolute atomic E-state index is 0.138. The van der Waals surface area contributed by atoms with Crippen molar-refractivity contribution in [1.82, 2.24) is 10.3 Å². The molecule has 6 nitrogen and oxygen atoms in total. The monoisotopic (exact) mass is 294 g/mol. The van der Waals surface area contributed by atoms with E-state index in [0.717, 1.165) is 17.1 Å². The molecule has 0 saturated carbocycles. The van der Waals surface area contributed by atoms with Crippen LogP contribution >= 0.6 is 11.3 Å². The van der Waals surface area contributed by atoms with Gasteiger partial charge in [0.25, 0.3) is 0 Å². The molecule has 2 heterocycles. The van der Waals surface area contributed by atoms with Gasteiger partial charge in [0.1, 0.15) is 5.76 Å². The van der Waals surface area contributed by atoms with Gasteiger partial charge in [-0.1, -0.05) is 6.92 Å². The fourth-order valence-electron chi connectivity index (χ4n) is 1.59. The van der Waals surface area contributed by atoms with Crippen molar-refractivity contribution < 1.29 is 19.1 Å². The Balaban J connectivity index is 1.83. The number of aromatic carboxylic acids is 1. The highest BCUT2D eigenvalue weighted by Gasteiger charge is 2.11. The predicted molar refractivity (Wildman–Crippen MR) is 72.7 cm³/mol. The molecule has 0 aliphatic heterocycles. The zero-order valence-electron chi connectivity index (χ0n) is 10.9. The number of carbonyl (C=O) groups excluding carboxylic acids is 1. The third kappa shape index (κ3) is 3.67. The zero-order valence-corrected chi connectivity index (χ0v) is 11.7. The first-order chi connectivity index (χ1) is 9.58. The van der Waals surface area contributed by atoms with Gasteiger partial charge < -0.3 is 14.8 Å². The van der Waals surface area contributed by atoms with E-state index >= 15 is 0 Å². The number of rotatable bonds is 6. The largest absolute Gasteiger partial charge is 0.475 e. The van der Waals surface area contributed by atoms with E-state index in [9.17, 15) is 9.59 Å². The fourth-order valence-corrected chi connectivity index (χ4v) is 2.34. The highest BCUT2D eigenvalue weighted by molar-refractivity contribution is 7.09. The van der Waals surface area contributed by atoms with Crippen LogP contribution in [0.3, 0.4) is 0 Å². The highest BCUT2D eigenvalue weighted by atomic mass is 32.1. The molecule has 0 unspecified atom stereocenters. The molecule has 2 aromatic rings. The van der Waals surface area contributed by atoms with Crippen LogP contribution < -0.4 is 5.32 Å². The predicted octanol–water partition coefficient (Wildman–Crippen LogP) is 1.86. The van der Waals surface area contributed by atoms with Crippen molar-refractivity contribution in [3.05, 3.63) is 39.7 Å². The van der Waals surface area contributed by atoms with Crippen LogP contribution in [0.2, 0.25) is 0 Å². The van der Waals surface area contributed by atoms with E-state index < -0.39 is 5.97 Å². The molecule has 20 heavy (non-hydrogen) atoms. The van der Waals surface area contributed by atoms with Crippen LogP contribution in [-0.2, 0) is 24.2 Å². The Labute approximate surface area is 119 Å². The molecule has 0 fully saturated rings. The molecule has 0 saturated heterocycles. The molecule has 2 N–H and O–H groups in total. The van der Waals surface area contributed by atoms with Crippen LogP contribution in [0.4, 0.5) is 0 Å². The molecule has 106 valence electrons. The summed E-state index contributed by atoms with van der Waals surface area (Å²) >= 11 is 1.54. The van der Waals surface area contributed by atoms with Crippen molar-refractivity contribution in [2.24, 2.45) is 0 Å². The van der Waals surface area contributed by atoms with Gasteiger partial charge in [-0.05, 0) is 18.6 Å². The number of carbonyl (C=O) groups is 2. The van der Waals surface area contributed by atoms with Crippen LogP contribution in [-0.4, -0.2) is 22.0 Å². The van der Waals surface area contributed by atoms with Gasteiger partial charge in [-0.25, -0.2) is 9.78 Å². The molecule has 0 aromatic carbocycles. The maximum absolute atomic E-state index is 11.7. The second-order valence-electron chi connectivity index (χ2n) is 4.11. The van der Waals surface area contributed by atoms with Gasteiger partial charge in [0, 0.05) is 5.38 Å². The van der Waals surface area contributed by atoms with Gasteiger partial charge in [0.2, 0.25) is 11.7 Å². The maximum Gasteiger partial charge on any atom is 0.371 e. The number of hydrogen-bond donors (Lipinski definition) is 2. The quantitative estimate of drug-likeness (QED) is 0.848. The van der Waals surface area contributed by atoms with Crippen molar-refractivity contribution in [3.63, 3.8) is 0 Å². The smallest absolute Gasteiger partial charge is 0.371 e. The third-order valence-electron chi connectivity index (χ3n) is 2.58. The number of aryl methyl sites for hydroxylation is 1. The van der Waals surface area contributed by atoms with Crippen LogP contribution in [0.25, 0.3) is 0 Å². The average Bonchev–Trinajstić information content (AvgIpc) is 3.05. The number of nitrogens with zero attached hydrogens (tertiary/aromatic N) is 1. The summed E-state index contributed by atoms with van der Waals surface area (Å²) in [7, 11) is 0. The third-order valence-corrected chi connectivity index (χ3v) is 3.62. The van der Waals surface area contributed by atoms with Crippen LogP contribution in [0, 0.1) is 0 Å². The van der Waals surface area contributed by atoms with Crippen molar-refractivity contribution in [3.8, 4) is 0 Å². The van der Waals surface area contributed by atoms with Gasteiger partial charge in [-0.2, -0.15) is 0 Å². The summed E-state index contributed by atoms with van der Waals surface area (Å²) in [5.41, 5.74) is 0.745. The molecule has 0 atom stereocenters. The van der Waals surface area contributed by atoms with E-state index in [1.54, 1.807) is 0 Å². The van der Waals surface area contributed by atoms with E-state index in [2.05, 4.69) is 10.3 Å². The van der Waals surface area contributed by atoms with Gasteiger partial charge in [-0.15, -0.1) is 11.3 Å². The van der Waals surface area contributed by atoms with Crippen molar-refractivity contribution >= 4 is 23.2 Å². The summed E-state index contributed by atoms with van der Waals surface area (Å²) in [4.78, 5) is 26.7. The summed E-state index contributed by atoms with van der Waals surface area (Å²) in [6, 6.07) is 2.89. The second kappa shape index (κ2) is 6.33. The van der Waals surface area contributed by atoms with E-state index in [1.807, 2.05) is 12.3 Å². The number of furan rings is 1. The van der Waals surface area contributed by atoms with Crippen molar-refractivity contribution in [2.75, 3.05) is 0 Å². The van der Waals surface area contributed by atoms with E-state index in [4.69, 9.17) is 9.52 Å². The molecular formula is C13H14N2O4S. The lowest BCUT2D eigenvalue weighted by Crippen LogP contribution is -2.24. The summed E-state index contributed by atoms with van der Waals surface area (Å²) in [6.45, 7) is 2.18. The summed E-state index contributed by atoms with van der Waals surface area (Å²) < 4.78 is 5.04. The lowest BCUT2D eigenvalue weighted by Gasteiger charge is -2.01. The number of thiazole rings is 1. The number of carboxylic acid groups (broad SMARTS) is 1. The second-order valence-corrected chi connectivity index (χ2v) is 5.05. The number of hydrogen-bond acceptors (Lipinski definition) is 5. The Morgan fingerprint density at radius 2 is 2.25 bits per heavy atom. The van der Waals surface area contributed by atoms with Gasteiger partial charge in [0.05, 0.1) is 23.7 Å². The first-order valence-corrected chi connectivity index (χ1v) is 6.98. The summed E-state index contributed by atoms with van der Waals surface area (Å²) in [5.74, 6) is -1.03. The Bertz CT molecular complexity index is 617.